The molecule has 3 N–H and O–H groups in total. The first kappa shape index (κ1) is 21.4. The van der Waals surface area contributed by atoms with Crippen LogP contribution >= 0.6 is 0 Å². The zero-order chi connectivity index (χ0) is 24.0. The Bertz CT molecular complexity index is 1450. The predicted octanol–water partition coefficient (Wildman–Crippen LogP) is 4.52. The number of benzene rings is 2. The summed E-state index contributed by atoms with van der Waals surface area (Å²) in [5.74, 6) is -0.0209. The maximum absolute atomic E-state index is 13.4. The molecule has 2 aromatic heterocycles. The summed E-state index contributed by atoms with van der Waals surface area (Å²) in [5.41, 5.74) is 1.78. The van der Waals surface area contributed by atoms with Crippen LogP contribution in [0.25, 0.3) is 10.9 Å². The van der Waals surface area contributed by atoms with Gasteiger partial charge in [0.15, 0.2) is 6.29 Å². The van der Waals surface area contributed by atoms with E-state index in [1.165, 1.54) is 22.9 Å². The van der Waals surface area contributed by atoms with E-state index in [-0.39, 0.29) is 11.3 Å². The Hall–Kier alpha value is -4.41. The summed E-state index contributed by atoms with van der Waals surface area (Å²) in [4.78, 5) is 24.7. The second-order valence-electron chi connectivity index (χ2n) is 7.83. The van der Waals surface area contributed by atoms with Gasteiger partial charge in [0.2, 0.25) is 0 Å². The number of amides is 1. The summed E-state index contributed by atoms with van der Waals surface area (Å²) in [7, 11) is 0. The first-order valence-corrected chi connectivity index (χ1v) is 10.2. The molecule has 34 heavy (non-hydrogen) atoms. The Morgan fingerprint density at radius 2 is 1.91 bits per heavy atom. The fraction of sp³-hybridized carbons (Fsp3) is 0.130. The van der Waals surface area contributed by atoms with Crippen LogP contribution in [0.15, 0.2) is 66.0 Å². The highest BCUT2D eigenvalue weighted by Crippen LogP contribution is 2.38. The number of aromatic amines is 1. The van der Waals surface area contributed by atoms with Crippen LogP contribution < -0.4 is 10.6 Å². The molecule has 5 rings (SSSR count). The third-order valence-electron chi connectivity index (χ3n) is 5.61. The molecule has 0 saturated carbocycles. The van der Waals surface area contributed by atoms with Gasteiger partial charge < -0.3 is 10.6 Å². The van der Waals surface area contributed by atoms with Gasteiger partial charge in [-0.25, -0.2) is 4.68 Å². The van der Waals surface area contributed by atoms with Gasteiger partial charge in [-0.1, -0.05) is 12.1 Å². The van der Waals surface area contributed by atoms with Crippen LogP contribution in [0.4, 0.5) is 24.7 Å². The van der Waals surface area contributed by atoms with Gasteiger partial charge in [-0.3, -0.25) is 14.7 Å². The number of hydrogen-bond donors (Lipinski definition) is 3. The Morgan fingerprint density at radius 3 is 2.62 bits per heavy atom. The fourth-order valence-electron chi connectivity index (χ4n) is 4.02. The highest BCUT2D eigenvalue weighted by molar-refractivity contribution is 6.06. The molecule has 1 aliphatic heterocycles. The van der Waals surface area contributed by atoms with Crippen LogP contribution in [0.1, 0.15) is 34.6 Å². The zero-order valence-corrected chi connectivity index (χ0v) is 17.6. The summed E-state index contributed by atoms with van der Waals surface area (Å²) in [6.45, 7) is 1.68. The van der Waals surface area contributed by atoms with E-state index in [4.69, 9.17) is 0 Å². The molecule has 4 aromatic rings. The molecule has 0 spiro atoms. The second-order valence-corrected chi connectivity index (χ2v) is 7.83. The van der Waals surface area contributed by atoms with E-state index in [1.54, 1.807) is 31.3 Å². The number of carbonyl (C=O) groups is 2. The zero-order valence-electron chi connectivity index (χ0n) is 17.6. The molecule has 1 amide bonds. The number of alkyl halides is 3. The Balaban J connectivity index is 1.56. The van der Waals surface area contributed by atoms with Crippen molar-refractivity contribution < 1.29 is 22.8 Å². The lowest BCUT2D eigenvalue weighted by molar-refractivity contribution is -0.137. The van der Waals surface area contributed by atoms with Crippen LogP contribution in [0, 0.1) is 0 Å². The number of nitrogens with zero attached hydrogens (tertiary/aromatic N) is 3. The highest BCUT2D eigenvalue weighted by Gasteiger charge is 2.35. The van der Waals surface area contributed by atoms with Crippen molar-refractivity contribution in [3.05, 3.63) is 82.8 Å². The van der Waals surface area contributed by atoms with E-state index < -0.39 is 23.7 Å². The predicted molar refractivity (Wildman–Crippen MR) is 118 cm³/mol. The number of hydrogen-bond acceptors (Lipinski definition) is 5. The van der Waals surface area contributed by atoms with Gasteiger partial charge in [-0.05, 0) is 42.8 Å². The van der Waals surface area contributed by atoms with Gasteiger partial charge in [0, 0.05) is 22.8 Å². The van der Waals surface area contributed by atoms with Gasteiger partial charge in [-0.15, -0.1) is 0 Å². The van der Waals surface area contributed by atoms with Crippen molar-refractivity contribution >= 4 is 34.6 Å². The van der Waals surface area contributed by atoms with E-state index in [0.29, 0.717) is 29.1 Å². The molecule has 11 heteroatoms. The van der Waals surface area contributed by atoms with Crippen LogP contribution in [-0.4, -0.2) is 32.2 Å². The quantitative estimate of drug-likeness (QED) is 0.384. The van der Waals surface area contributed by atoms with Gasteiger partial charge >= 0.3 is 6.18 Å². The maximum Gasteiger partial charge on any atom is 0.416 e. The second kappa shape index (κ2) is 7.87. The van der Waals surface area contributed by atoms with Crippen molar-refractivity contribution in [3.8, 4) is 0 Å². The third-order valence-corrected chi connectivity index (χ3v) is 5.61. The van der Waals surface area contributed by atoms with E-state index in [9.17, 15) is 22.8 Å². The first-order chi connectivity index (χ1) is 16.2. The summed E-state index contributed by atoms with van der Waals surface area (Å²) < 4.78 is 40.7. The molecular weight excluding hydrogens is 449 g/mol. The number of aldehydes is 1. The Kier molecular flexibility index (Phi) is 4.96. The number of H-pyrrole nitrogens is 1. The van der Waals surface area contributed by atoms with Crippen molar-refractivity contribution in [3.63, 3.8) is 0 Å². The largest absolute Gasteiger partial charge is 0.416 e. The van der Waals surface area contributed by atoms with E-state index in [1.807, 2.05) is 0 Å². The lowest BCUT2D eigenvalue weighted by Gasteiger charge is -2.30. The number of nitrogens with one attached hydrogen (secondary N) is 3. The van der Waals surface area contributed by atoms with E-state index >= 15 is 0 Å². The Labute approximate surface area is 190 Å². The number of halogens is 3. The molecule has 3 heterocycles. The number of aromatic nitrogens is 4. The van der Waals surface area contributed by atoms with Gasteiger partial charge in [0.25, 0.3) is 5.91 Å². The monoisotopic (exact) mass is 466 g/mol. The van der Waals surface area contributed by atoms with Crippen molar-refractivity contribution in [1.29, 1.82) is 0 Å². The summed E-state index contributed by atoms with van der Waals surface area (Å²) in [5, 5.41) is 17.7. The number of allylic oxidation sites excluding steroid dienone is 1. The minimum Gasteiger partial charge on any atom is -0.344 e. The number of fused-ring (bicyclic) bond motifs is 2. The molecule has 0 aliphatic carbocycles. The molecule has 0 fully saturated rings. The molecule has 0 radical (unpaired) electrons. The molecule has 1 aliphatic rings. The highest BCUT2D eigenvalue weighted by atomic mass is 19.4. The molecule has 172 valence electrons. The fourth-order valence-corrected chi connectivity index (χ4v) is 4.02. The molecule has 8 nitrogen and oxygen atoms in total. The van der Waals surface area contributed by atoms with Crippen LogP contribution in [-0.2, 0) is 11.0 Å². The van der Waals surface area contributed by atoms with Crippen LogP contribution in [0.3, 0.4) is 0 Å². The first-order valence-electron chi connectivity index (χ1n) is 10.2. The van der Waals surface area contributed by atoms with Gasteiger partial charge in [0.05, 0.1) is 22.9 Å². The topological polar surface area (TPSA) is 105 Å². The molecule has 1 atom stereocenters. The van der Waals surface area contributed by atoms with Crippen molar-refractivity contribution in [2.24, 2.45) is 0 Å². The lowest BCUT2D eigenvalue weighted by atomic mass is 9.94. The lowest BCUT2D eigenvalue weighted by Crippen LogP contribution is -2.31. The van der Waals surface area contributed by atoms with E-state index in [0.717, 1.165) is 23.0 Å². The number of rotatable bonds is 4. The average molecular weight is 466 g/mol. The number of carbonyl (C=O) groups excluding carboxylic acids is 2. The standard InChI is InChI=1S/C23H17F3N6O2/c1-12-20(22(34)29-16-6-7-18-14(8-16)10-27-30-18)21(32-19(28-12)9-17(11-33)31-32)13-2-4-15(5-3-13)23(24,25)26/h2-11,21,28H,1H3,(H,27,30)(H,29,34). The molecule has 0 bridgehead atoms. The molecule has 1 unspecified atom stereocenters. The maximum atomic E-state index is 13.4. The summed E-state index contributed by atoms with van der Waals surface area (Å²) >= 11 is 0. The summed E-state index contributed by atoms with van der Waals surface area (Å²) in [6.07, 6.45) is -2.31. The normalized spacial score (nSPS) is 15.7. The minimum atomic E-state index is -4.49. The van der Waals surface area contributed by atoms with Crippen molar-refractivity contribution in [2.45, 2.75) is 19.1 Å². The molecule has 0 saturated heterocycles. The van der Waals surface area contributed by atoms with E-state index in [2.05, 4.69) is 25.9 Å². The van der Waals surface area contributed by atoms with Gasteiger partial charge in [-0.2, -0.15) is 23.4 Å². The Morgan fingerprint density at radius 1 is 1.15 bits per heavy atom. The molecule has 2 aromatic carbocycles. The van der Waals surface area contributed by atoms with Crippen molar-refractivity contribution in [1.82, 2.24) is 20.0 Å². The van der Waals surface area contributed by atoms with Gasteiger partial charge in [0.1, 0.15) is 17.6 Å². The average Bonchev–Trinajstić information content (AvgIpc) is 3.43. The SMILES string of the molecule is CC1=C(C(=O)Nc2ccc3[nH]ncc3c2)C(c2ccc(C(F)(F)F)cc2)n2nc(C=O)cc2N1. The number of anilines is 2. The third kappa shape index (κ3) is 3.70. The minimum absolute atomic E-state index is 0.124. The van der Waals surface area contributed by atoms with Crippen LogP contribution in [0.5, 0.6) is 0 Å². The smallest absolute Gasteiger partial charge is 0.344 e. The summed E-state index contributed by atoms with van der Waals surface area (Å²) in [6, 6.07) is 10.4. The van der Waals surface area contributed by atoms with Crippen LogP contribution in [0.2, 0.25) is 0 Å². The molecular formula is C23H17F3N6O2. The van der Waals surface area contributed by atoms with Crippen molar-refractivity contribution in [2.75, 3.05) is 10.6 Å².